The molecule has 2 amide bonds. The van der Waals surface area contributed by atoms with E-state index in [-0.39, 0.29) is 5.75 Å². The van der Waals surface area contributed by atoms with E-state index in [1.165, 1.54) is 36.1 Å². The molecule has 1 aromatic rings. The molecule has 1 heterocycles. The molecule has 1 aromatic carbocycles. The van der Waals surface area contributed by atoms with Crippen LogP contribution in [0.5, 0.6) is 5.75 Å². The molecule has 0 bridgehead atoms. The Balaban J connectivity index is 2.35. The fraction of sp³-hybridized carbons (Fsp3) is 0.357. The Hall–Kier alpha value is -1.36. The van der Waals surface area contributed by atoms with Gasteiger partial charge in [0.2, 0.25) is 0 Å². The number of hydroxylamine groups is 2. The lowest BCUT2D eigenvalue weighted by Crippen LogP contribution is -2.55. The van der Waals surface area contributed by atoms with Gasteiger partial charge in [0, 0.05) is 17.1 Å². The van der Waals surface area contributed by atoms with Gasteiger partial charge in [0.1, 0.15) is 5.75 Å². The Labute approximate surface area is 157 Å². The fourth-order valence-corrected chi connectivity index (χ4v) is 4.37. The number of nitrogens with one attached hydrogen (secondary N) is 1. The fourth-order valence-electron chi connectivity index (χ4n) is 2.21. The highest BCUT2D eigenvalue weighted by atomic mass is 79.9. The summed E-state index contributed by atoms with van der Waals surface area (Å²) in [5.74, 6) is 0.0580. The number of hydrogen-bond donors (Lipinski definition) is 3. The number of thioether (sulfide) groups is 1. The Kier molecular flexibility index (Phi) is 5.74. The van der Waals surface area contributed by atoms with E-state index in [1.54, 1.807) is 12.1 Å². The predicted octanol–water partition coefficient (Wildman–Crippen LogP) is 2.96. The van der Waals surface area contributed by atoms with E-state index in [0.29, 0.717) is 14.9 Å². The number of hydrazone groups is 1. The molecule has 7 nitrogen and oxygen atoms in total. The quantitative estimate of drug-likeness (QED) is 0.294. The van der Waals surface area contributed by atoms with Crippen molar-refractivity contribution in [2.24, 2.45) is 5.10 Å². The maximum atomic E-state index is 11.8. The Morgan fingerprint density at radius 2 is 2.25 bits per heavy atom. The van der Waals surface area contributed by atoms with E-state index in [9.17, 15) is 15.1 Å². The summed E-state index contributed by atoms with van der Waals surface area (Å²) in [6.07, 6.45) is 0.638. The van der Waals surface area contributed by atoms with Gasteiger partial charge in [0.25, 0.3) is 0 Å². The summed E-state index contributed by atoms with van der Waals surface area (Å²) in [5, 5.41) is 28.7. The molecule has 2 rings (SSSR count). The lowest BCUT2D eigenvalue weighted by atomic mass is 10.1. The average molecular weight is 433 g/mol. The summed E-state index contributed by atoms with van der Waals surface area (Å²) >= 11 is 9.97. The first kappa shape index (κ1) is 19.0. The molecule has 0 spiro atoms. The van der Waals surface area contributed by atoms with Crippen molar-refractivity contribution in [1.82, 2.24) is 15.4 Å². The molecule has 0 radical (unpaired) electrons. The molecule has 24 heavy (non-hydrogen) atoms. The van der Waals surface area contributed by atoms with Gasteiger partial charge < -0.3 is 10.4 Å². The molecule has 1 atom stereocenters. The topological polar surface area (TPSA) is 88.4 Å². The monoisotopic (exact) mass is 432 g/mol. The second kappa shape index (κ2) is 7.26. The summed E-state index contributed by atoms with van der Waals surface area (Å²) in [6.45, 7) is 3.71. The van der Waals surface area contributed by atoms with Crippen molar-refractivity contribution in [3.05, 3.63) is 28.2 Å². The van der Waals surface area contributed by atoms with Crippen LogP contribution in [0.4, 0.5) is 4.79 Å². The highest BCUT2D eigenvalue weighted by molar-refractivity contribution is 9.10. The molecular weight excluding hydrogens is 416 g/mol. The first-order valence-electron chi connectivity index (χ1n) is 6.92. The highest BCUT2D eigenvalue weighted by Crippen LogP contribution is 2.42. The van der Waals surface area contributed by atoms with Crippen molar-refractivity contribution in [2.75, 3.05) is 7.05 Å². The van der Waals surface area contributed by atoms with Crippen LogP contribution in [0.25, 0.3) is 0 Å². The van der Waals surface area contributed by atoms with Crippen molar-refractivity contribution in [1.29, 1.82) is 0 Å². The van der Waals surface area contributed by atoms with Crippen molar-refractivity contribution >= 4 is 56.5 Å². The lowest BCUT2D eigenvalue weighted by molar-refractivity contribution is -0.117. The molecule has 3 N–H and O–H groups in total. The summed E-state index contributed by atoms with van der Waals surface area (Å²) in [7, 11) is 1.42. The number of thiocarbonyl (C=S) groups is 1. The van der Waals surface area contributed by atoms with E-state index in [1.807, 2.05) is 13.8 Å². The summed E-state index contributed by atoms with van der Waals surface area (Å²) in [6, 6.07) is 4.27. The first-order valence-corrected chi connectivity index (χ1v) is 8.93. The number of amides is 2. The number of phenolic OH excluding ortho intramolecular Hbond substituents is 1. The molecule has 0 saturated carbocycles. The third-order valence-electron chi connectivity index (χ3n) is 3.36. The van der Waals surface area contributed by atoms with Crippen LogP contribution >= 0.6 is 39.9 Å². The van der Waals surface area contributed by atoms with Gasteiger partial charge in [-0.05, 0) is 32.0 Å². The third kappa shape index (κ3) is 3.82. The largest absolute Gasteiger partial charge is 0.507 e. The summed E-state index contributed by atoms with van der Waals surface area (Å²) in [4.78, 5) is 11.8. The number of phenols is 1. The SMILES string of the molecule is CNC(=O)N(O)[C@@H]1N(/N=C\c2cc(Br)ccc2O)C(=S)SC1(C)C. The minimum absolute atomic E-state index is 0.0580. The van der Waals surface area contributed by atoms with Gasteiger partial charge in [0.05, 0.1) is 11.0 Å². The molecule has 1 saturated heterocycles. The van der Waals surface area contributed by atoms with Crippen LogP contribution in [0, 0.1) is 0 Å². The zero-order valence-electron chi connectivity index (χ0n) is 13.2. The van der Waals surface area contributed by atoms with Crippen molar-refractivity contribution < 1.29 is 15.1 Å². The molecule has 0 unspecified atom stereocenters. The Bertz CT molecular complexity index is 699. The van der Waals surface area contributed by atoms with Gasteiger partial charge in [-0.3, -0.25) is 5.21 Å². The number of aromatic hydroxyl groups is 1. The maximum Gasteiger partial charge on any atom is 0.343 e. The normalized spacial score (nSPS) is 19.8. The first-order chi connectivity index (χ1) is 11.2. The number of nitrogens with zero attached hydrogens (tertiary/aromatic N) is 3. The summed E-state index contributed by atoms with van der Waals surface area (Å²) in [5.41, 5.74) is 0.477. The number of rotatable bonds is 3. The van der Waals surface area contributed by atoms with E-state index in [4.69, 9.17) is 12.2 Å². The zero-order chi connectivity index (χ0) is 18.1. The molecule has 0 aliphatic carbocycles. The molecular formula is C14H17BrN4O3S2. The molecule has 1 aliphatic heterocycles. The minimum atomic E-state index is -0.791. The van der Waals surface area contributed by atoms with E-state index in [2.05, 4.69) is 26.3 Å². The highest BCUT2D eigenvalue weighted by Gasteiger charge is 2.49. The zero-order valence-corrected chi connectivity index (χ0v) is 16.4. The van der Waals surface area contributed by atoms with Gasteiger partial charge in [-0.2, -0.15) is 10.2 Å². The van der Waals surface area contributed by atoms with Crippen LogP contribution in [-0.4, -0.2) is 54.9 Å². The Morgan fingerprint density at radius 3 is 2.88 bits per heavy atom. The van der Waals surface area contributed by atoms with Crippen molar-refractivity contribution in [2.45, 2.75) is 24.8 Å². The van der Waals surface area contributed by atoms with Crippen LogP contribution in [0.1, 0.15) is 19.4 Å². The third-order valence-corrected chi connectivity index (χ3v) is 5.38. The van der Waals surface area contributed by atoms with E-state index in [0.717, 1.165) is 4.47 Å². The second-order valence-corrected chi connectivity index (χ2v) is 8.74. The van der Waals surface area contributed by atoms with Crippen LogP contribution in [0.15, 0.2) is 27.8 Å². The number of carbonyl (C=O) groups is 1. The van der Waals surface area contributed by atoms with Gasteiger partial charge in [-0.15, -0.1) is 0 Å². The number of hydrogen-bond acceptors (Lipinski definition) is 6. The van der Waals surface area contributed by atoms with Gasteiger partial charge in [0.15, 0.2) is 10.5 Å². The van der Waals surface area contributed by atoms with Crippen LogP contribution in [0.3, 0.4) is 0 Å². The molecule has 0 aromatic heterocycles. The average Bonchev–Trinajstić information content (AvgIpc) is 2.74. The van der Waals surface area contributed by atoms with Crippen molar-refractivity contribution in [3.63, 3.8) is 0 Å². The lowest BCUT2D eigenvalue weighted by Gasteiger charge is -2.33. The van der Waals surface area contributed by atoms with Crippen molar-refractivity contribution in [3.8, 4) is 5.75 Å². The standard InChI is InChI=1S/C14H17BrN4O3S2/c1-14(2)11(19(22)12(21)16-3)18(13(23)24-14)17-7-8-6-9(15)4-5-10(8)20/h4-7,11,20,22H,1-3H3,(H,16,21)/b17-7-/t11-/m0/s1. The van der Waals surface area contributed by atoms with E-state index < -0.39 is 16.9 Å². The van der Waals surface area contributed by atoms with Gasteiger partial charge in [-0.1, -0.05) is 39.9 Å². The smallest absolute Gasteiger partial charge is 0.343 e. The van der Waals surface area contributed by atoms with E-state index >= 15 is 0 Å². The maximum absolute atomic E-state index is 11.8. The van der Waals surface area contributed by atoms with Crippen LogP contribution in [-0.2, 0) is 0 Å². The number of benzene rings is 1. The predicted molar refractivity (Wildman–Crippen MR) is 101 cm³/mol. The number of halogens is 1. The van der Waals surface area contributed by atoms with Gasteiger partial charge in [-0.25, -0.2) is 9.80 Å². The number of urea groups is 1. The molecule has 1 aliphatic rings. The van der Waals surface area contributed by atoms with Crippen LogP contribution in [0.2, 0.25) is 0 Å². The molecule has 1 fully saturated rings. The Morgan fingerprint density at radius 1 is 1.58 bits per heavy atom. The summed E-state index contributed by atoms with van der Waals surface area (Å²) < 4.78 is 0.625. The van der Waals surface area contributed by atoms with Gasteiger partial charge >= 0.3 is 6.03 Å². The molecule has 10 heteroatoms. The number of carbonyl (C=O) groups excluding carboxylic acids is 1. The second-order valence-electron chi connectivity index (χ2n) is 5.54. The minimum Gasteiger partial charge on any atom is -0.507 e. The van der Waals surface area contributed by atoms with Crippen LogP contribution < -0.4 is 5.32 Å². The molecule has 130 valence electrons.